The predicted octanol–water partition coefficient (Wildman–Crippen LogP) is 1.73. The summed E-state index contributed by atoms with van der Waals surface area (Å²) in [4.78, 5) is 21.0. The first-order valence-corrected chi connectivity index (χ1v) is 8.56. The molecule has 2 aliphatic rings. The van der Waals surface area contributed by atoms with E-state index in [2.05, 4.69) is 24.0 Å². The van der Waals surface area contributed by atoms with E-state index in [1.54, 1.807) is 6.20 Å². The number of piperidine rings is 1. The minimum absolute atomic E-state index is 0.0189. The summed E-state index contributed by atoms with van der Waals surface area (Å²) in [7, 11) is 4.30. The second-order valence-corrected chi connectivity index (χ2v) is 7.02. The van der Waals surface area contributed by atoms with Crippen molar-refractivity contribution in [3.63, 3.8) is 0 Å². The Kier molecular flexibility index (Phi) is 4.97. The van der Waals surface area contributed by atoms with Crippen LogP contribution in [0.1, 0.15) is 31.4 Å². The van der Waals surface area contributed by atoms with E-state index in [-0.39, 0.29) is 11.5 Å². The lowest BCUT2D eigenvalue weighted by Gasteiger charge is -2.47. The lowest BCUT2D eigenvalue weighted by Crippen LogP contribution is -2.53. The van der Waals surface area contributed by atoms with Gasteiger partial charge in [-0.2, -0.15) is 0 Å². The maximum atomic E-state index is 12.4. The highest BCUT2D eigenvalue weighted by molar-refractivity contribution is 5.78. The van der Waals surface area contributed by atoms with Gasteiger partial charge in [-0.25, -0.2) is 0 Å². The van der Waals surface area contributed by atoms with Gasteiger partial charge in [-0.05, 0) is 51.9 Å². The summed E-state index contributed by atoms with van der Waals surface area (Å²) in [6, 6.07) is 6.31. The number of likely N-dealkylation sites (tertiary alicyclic amines) is 1. The van der Waals surface area contributed by atoms with Crippen LogP contribution in [-0.4, -0.2) is 66.1 Å². The summed E-state index contributed by atoms with van der Waals surface area (Å²) >= 11 is 0. The van der Waals surface area contributed by atoms with E-state index >= 15 is 0 Å². The third-order valence-corrected chi connectivity index (χ3v) is 5.28. The van der Waals surface area contributed by atoms with Crippen LogP contribution in [0.3, 0.4) is 0 Å². The van der Waals surface area contributed by atoms with Gasteiger partial charge >= 0.3 is 0 Å². The van der Waals surface area contributed by atoms with Gasteiger partial charge in [0, 0.05) is 37.6 Å². The Hall–Kier alpha value is -1.46. The zero-order valence-corrected chi connectivity index (χ0v) is 14.2. The van der Waals surface area contributed by atoms with Crippen molar-refractivity contribution in [2.75, 3.05) is 33.8 Å². The van der Waals surface area contributed by atoms with Gasteiger partial charge in [0.1, 0.15) is 0 Å². The Labute approximate surface area is 138 Å². The van der Waals surface area contributed by atoms with Crippen molar-refractivity contribution in [3.05, 3.63) is 30.1 Å². The zero-order valence-electron chi connectivity index (χ0n) is 14.2. The molecule has 2 aliphatic heterocycles. The minimum Gasteiger partial charge on any atom is -0.375 e. The van der Waals surface area contributed by atoms with Gasteiger partial charge in [-0.1, -0.05) is 6.07 Å². The number of aromatic nitrogens is 1. The normalized spacial score (nSPS) is 24.1. The third-order valence-electron chi connectivity index (χ3n) is 5.28. The highest BCUT2D eigenvalue weighted by Crippen LogP contribution is 2.36. The van der Waals surface area contributed by atoms with E-state index in [9.17, 15) is 4.79 Å². The quantitative estimate of drug-likeness (QED) is 0.852. The van der Waals surface area contributed by atoms with Gasteiger partial charge in [0.05, 0.1) is 12.0 Å². The van der Waals surface area contributed by atoms with E-state index in [1.165, 1.54) is 0 Å². The second-order valence-electron chi connectivity index (χ2n) is 7.02. The molecule has 0 aromatic carbocycles. The van der Waals surface area contributed by atoms with Gasteiger partial charge in [0.15, 0.2) is 0 Å². The van der Waals surface area contributed by atoms with Crippen LogP contribution in [0.2, 0.25) is 0 Å². The molecule has 3 rings (SSSR count). The molecule has 1 aromatic heterocycles. The minimum atomic E-state index is -0.0189. The van der Waals surface area contributed by atoms with Crippen molar-refractivity contribution in [2.45, 2.75) is 43.7 Å². The van der Waals surface area contributed by atoms with Gasteiger partial charge in [-0.3, -0.25) is 9.78 Å². The van der Waals surface area contributed by atoms with E-state index < -0.39 is 0 Å². The van der Waals surface area contributed by atoms with Gasteiger partial charge in [0.2, 0.25) is 5.91 Å². The Morgan fingerprint density at radius 1 is 1.39 bits per heavy atom. The van der Waals surface area contributed by atoms with E-state index in [0.29, 0.717) is 12.5 Å². The van der Waals surface area contributed by atoms with Crippen molar-refractivity contribution < 1.29 is 9.53 Å². The summed E-state index contributed by atoms with van der Waals surface area (Å²) in [5, 5.41) is 0. The fourth-order valence-corrected chi connectivity index (χ4v) is 3.72. The number of hydrogen-bond donors (Lipinski definition) is 0. The summed E-state index contributed by atoms with van der Waals surface area (Å²) in [6.07, 6.45) is 6.23. The van der Waals surface area contributed by atoms with Crippen LogP contribution in [0.15, 0.2) is 24.4 Å². The molecule has 5 nitrogen and oxygen atoms in total. The average molecular weight is 317 g/mol. The van der Waals surface area contributed by atoms with Crippen molar-refractivity contribution in [3.8, 4) is 0 Å². The topological polar surface area (TPSA) is 45.7 Å². The molecule has 0 saturated carbocycles. The lowest BCUT2D eigenvalue weighted by molar-refractivity contribution is -0.147. The van der Waals surface area contributed by atoms with Crippen LogP contribution in [0.4, 0.5) is 0 Å². The van der Waals surface area contributed by atoms with E-state index in [4.69, 9.17) is 4.74 Å². The first kappa shape index (κ1) is 16.4. The predicted molar refractivity (Wildman–Crippen MR) is 89.1 cm³/mol. The molecule has 2 fully saturated rings. The highest BCUT2D eigenvalue weighted by Gasteiger charge is 2.41. The molecule has 3 heterocycles. The summed E-state index contributed by atoms with van der Waals surface area (Å²) in [5.41, 5.74) is 0.828. The first-order chi connectivity index (χ1) is 11.1. The number of carbonyl (C=O) groups is 1. The lowest BCUT2D eigenvalue weighted by atomic mass is 9.82. The second kappa shape index (κ2) is 6.97. The van der Waals surface area contributed by atoms with Gasteiger partial charge in [0.25, 0.3) is 0 Å². The van der Waals surface area contributed by atoms with Crippen molar-refractivity contribution in [2.24, 2.45) is 0 Å². The van der Waals surface area contributed by atoms with Crippen LogP contribution >= 0.6 is 0 Å². The number of amides is 1. The monoisotopic (exact) mass is 317 g/mol. The number of pyridine rings is 1. The summed E-state index contributed by atoms with van der Waals surface area (Å²) in [6.45, 7) is 2.43. The van der Waals surface area contributed by atoms with Crippen molar-refractivity contribution in [1.29, 1.82) is 0 Å². The molecule has 0 bridgehead atoms. The molecule has 23 heavy (non-hydrogen) atoms. The Morgan fingerprint density at radius 2 is 2.17 bits per heavy atom. The Bertz CT molecular complexity index is 524. The third kappa shape index (κ3) is 3.90. The van der Waals surface area contributed by atoms with Crippen LogP contribution in [0.5, 0.6) is 0 Å². The number of ether oxygens (including phenoxy) is 1. The molecule has 126 valence electrons. The molecule has 1 spiro atoms. The first-order valence-electron chi connectivity index (χ1n) is 8.56. The van der Waals surface area contributed by atoms with Crippen LogP contribution in [0.25, 0.3) is 0 Å². The standard InChI is InChI=1S/C18H27N3O2/c1-20(2)16-6-12-23-18(14-16)7-10-21(11-8-18)17(22)13-15-5-3-4-9-19-15/h3-5,9,16H,6-8,10-14H2,1-2H3/t16-/m0/s1. The number of carbonyl (C=O) groups excluding carboxylic acids is 1. The molecule has 0 aliphatic carbocycles. The molecule has 1 aromatic rings. The van der Waals surface area contributed by atoms with Crippen LogP contribution in [0, 0.1) is 0 Å². The molecule has 0 N–H and O–H groups in total. The molecular formula is C18H27N3O2. The highest BCUT2D eigenvalue weighted by atomic mass is 16.5. The van der Waals surface area contributed by atoms with Crippen molar-refractivity contribution in [1.82, 2.24) is 14.8 Å². The molecule has 2 saturated heterocycles. The molecule has 0 radical (unpaired) electrons. The number of hydrogen-bond acceptors (Lipinski definition) is 4. The van der Waals surface area contributed by atoms with E-state index in [1.807, 2.05) is 23.1 Å². The van der Waals surface area contributed by atoms with Gasteiger partial charge < -0.3 is 14.5 Å². The van der Waals surface area contributed by atoms with Gasteiger partial charge in [-0.15, -0.1) is 0 Å². The van der Waals surface area contributed by atoms with Crippen molar-refractivity contribution >= 4 is 5.91 Å². The number of rotatable bonds is 3. The Balaban J connectivity index is 1.54. The van der Waals surface area contributed by atoms with Crippen LogP contribution in [-0.2, 0) is 16.0 Å². The molecule has 1 atom stereocenters. The molecule has 5 heteroatoms. The average Bonchev–Trinajstić information content (AvgIpc) is 2.56. The molecule has 1 amide bonds. The smallest absolute Gasteiger partial charge is 0.228 e. The summed E-state index contributed by atoms with van der Waals surface area (Å²) in [5.74, 6) is 0.179. The fourth-order valence-electron chi connectivity index (χ4n) is 3.72. The largest absolute Gasteiger partial charge is 0.375 e. The molecule has 0 unspecified atom stereocenters. The zero-order chi connectivity index (χ0) is 16.3. The molecular weight excluding hydrogens is 290 g/mol. The SMILES string of the molecule is CN(C)[C@H]1CCOC2(CCN(C(=O)Cc3ccccn3)CC2)C1. The maximum Gasteiger partial charge on any atom is 0.228 e. The Morgan fingerprint density at radius 3 is 2.83 bits per heavy atom. The van der Waals surface area contributed by atoms with Crippen LogP contribution < -0.4 is 0 Å². The number of nitrogens with zero attached hydrogens (tertiary/aromatic N) is 3. The fraction of sp³-hybridized carbons (Fsp3) is 0.667. The van der Waals surface area contributed by atoms with E-state index in [0.717, 1.165) is 51.1 Å². The maximum absolute atomic E-state index is 12.4. The summed E-state index contributed by atoms with van der Waals surface area (Å²) < 4.78 is 6.16.